The third-order valence-electron chi connectivity index (χ3n) is 2.93. The molecule has 0 amide bonds. The smallest absolute Gasteiger partial charge is 0.251 e. The molecule has 0 unspecified atom stereocenters. The van der Waals surface area contributed by atoms with Crippen LogP contribution in [0.25, 0.3) is 22.6 Å². The number of rotatable bonds is 2. The molecule has 0 atom stereocenters. The third-order valence-corrected chi connectivity index (χ3v) is 2.93. The third kappa shape index (κ3) is 2.35. The number of H-pyrrole nitrogens is 1. The van der Waals surface area contributed by atoms with E-state index in [0.717, 1.165) is 16.8 Å². The van der Waals surface area contributed by atoms with E-state index in [2.05, 4.69) is 20.1 Å². The summed E-state index contributed by atoms with van der Waals surface area (Å²) < 4.78 is 1.67. The molecule has 3 heterocycles. The molecular weight excluding hydrogens is 254 g/mol. The molecule has 100 valence electrons. The molecular formula is C14H13N5O. The predicted molar refractivity (Wildman–Crippen MR) is 75.0 cm³/mol. The number of nitrogens with zero attached hydrogens (tertiary/aromatic N) is 4. The Morgan fingerprint density at radius 1 is 1.20 bits per heavy atom. The molecule has 0 aromatic carbocycles. The summed E-state index contributed by atoms with van der Waals surface area (Å²) in [4.78, 5) is 23.2. The standard InChI is InChI=1S/C14H13N5O/c1-9-3-4-10(6-15-9)14-17-12(5-13(20)18-14)11-7-16-19(2)8-11/h3-8H,1-2H3,(H,17,18,20). The van der Waals surface area contributed by atoms with Gasteiger partial charge >= 0.3 is 0 Å². The molecule has 0 aliphatic heterocycles. The number of aryl methyl sites for hydroxylation is 2. The van der Waals surface area contributed by atoms with Crippen molar-refractivity contribution in [2.45, 2.75) is 6.92 Å². The highest BCUT2D eigenvalue weighted by Gasteiger charge is 2.07. The largest absolute Gasteiger partial charge is 0.306 e. The van der Waals surface area contributed by atoms with Crippen molar-refractivity contribution in [3.05, 3.63) is 52.8 Å². The maximum atomic E-state index is 11.8. The van der Waals surface area contributed by atoms with E-state index >= 15 is 0 Å². The molecule has 0 saturated heterocycles. The molecule has 0 saturated carbocycles. The molecule has 6 heteroatoms. The Morgan fingerprint density at radius 3 is 2.70 bits per heavy atom. The van der Waals surface area contributed by atoms with Crippen LogP contribution in [-0.2, 0) is 7.05 Å². The van der Waals surface area contributed by atoms with Gasteiger partial charge in [0.2, 0.25) is 0 Å². The number of aromatic nitrogens is 5. The highest BCUT2D eigenvalue weighted by atomic mass is 16.1. The maximum absolute atomic E-state index is 11.8. The van der Waals surface area contributed by atoms with Gasteiger partial charge in [0.15, 0.2) is 0 Å². The molecule has 0 bridgehead atoms. The van der Waals surface area contributed by atoms with Gasteiger partial charge in [-0.15, -0.1) is 0 Å². The van der Waals surface area contributed by atoms with Crippen LogP contribution in [-0.4, -0.2) is 24.7 Å². The van der Waals surface area contributed by atoms with E-state index in [9.17, 15) is 4.79 Å². The normalized spacial score (nSPS) is 10.7. The highest BCUT2D eigenvalue weighted by molar-refractivity contribution is 5.61. The Morgan fingerprint density at radius 2 is 2.05 bits per heavy atom. The first kappa shape index (κ1) is 12.3. The first-order valence-corrected chi connectivity index (χ1v) is 6.15. The lowest BCUT2D eigenvalue weighted by Crippen LogP contribution is -2.08. The van der Waals surface area contributed by atoms with Crippen LogP contribution in [0, 0.1) is 6.92 Å². The highest BCUT2D eigenvalue weighted by Crippen LogP contribution is 2.18. The Balaban J connectivity index is 2.11. The van der Waals surface area contributed by atoms with Crippen LogP contribution in [0.2, 0.25) is 0 Å². The quantitative estimate of drug-likeness (QED) is 0.764. The SMILES string of the molecule is Cc1ccc(-c2nc(-c3cnn(C)c3)cc(=O)[nH]2)cn1. The topological polar surface area (TPSA) is 76.5 Å². The van der Waals surface area contributed by atoms with Crippen molar-refractivity contribution < 1.29 is 0 Å². The summed E-state index contributed by atoms with van der Waals surface area (Å²) in [5, 5.41) is 4.09. The summed E-state index contributed by atoms with van der Waals surface area (Å²) in [5.74, 6) is 0.504. The first-order chi connectivity index (χ1) is 9.61. The fraction of sp³-hybridized carbons (Fsp3) is 0.143. The predicted octanol–water partition coefficient (Wildman–Crippen LogP) is 1.54. The van der Waals surface area contributed by atoms with E-state index in [-0.39, 0.29) is 5.56 Å². The fourth-order valence-electron chi connectivity index (χ4n) is 1.90. The van der Waals surface area contributed by atoms with Gasteiger partial charge < -0.3 is 4.98 Å². The Kier molecular flexibility index (Phi) is 2.90. The van der Waals surface area contributed by atoms with Crippen molar-refractivity contribution in [2.75, 3.05) is 0 Å². The second kappa shape index (κ2) is 4.73. The summed E-state index contributed by atoms with van der Waals surface area (Å²) in [6.45, 7) is 1.91. The molecule has 0 radical (unpaired) electrons. The van der Waals surface area contributed by atoms with Gasteiger partial charge in [-0.3, -0.25) is 14.5 Å². The Hall–Kier alpha value is -2.76. The molecule has 3 aromatic heterocycles. The molecule has 6 nitrogen and oxygen atoms in total. The molecule has 0 aliphatic carbocycles. The van der Waals surface area contributed by atoms with Gasteiger partial charge in [-0.1, -0.05) is 0 Å². The van der Waals surface area contributed by atoms with Crippen LogP contribution >= 0.6 is 0 Å². The van der Waals surface area contributed by atoms with Crippen molar-refractivity contribution >= 4 is 0 Å². The fourth-order valence-corrected chi connectivity index (χ4v) is 1.90. The lowest BCUT2D eigenvalue weighted by atomic mass is 10.2. The Bertz CT molecular complexity index is 801. The zero-order chi connectivity index (χ0) is 14.1. The van der Waals surface area contributed by atoms with E-state index in [4.69, 9.17) is 0 Å². The zero-order valence-corrected chi connectivity index (χ0v) is 11.2. The van der Waals surface area contributed by atoms with Gasteiger partial charge in [-0.25, -0.2) is 4.98 Å². The lowest BCUT2D eigenvalue weighted by Gasteiger charge is -2.03. The monoisotopic (exact) mass is 267 g/mol. The average Bonchev–Trinajstić information content (AvgIpc) is 2.85. The molecule has 1 N–H and O–H groups in total. The van der Waals surface area contributed by atoms with Gasteiger partial charge in [-0.2, -0.15) is 5.10 Å². The van der Waals surface area contributed by atoms with Crippen LogP contribution in [0.15, 0.2) is 41.6 Å². The first-order valence-electron chi connectivity index (χ1n) is 6.15. The summed E-state index contributed by atoms with van der Waals surface area (Å²) >= 11 is 0. The summed E-state index contributed by atoms with van der Waals surface area (Å²) in [6.07, 6.45) is 5.19. The van der Waals surface area contributed by atoms with E-state index in [1.165, 1.54) is 6.07 Å². The van der Waals surface area contributed by atoms with Crippen LogP contribution < -0.4 is 5.56 Å². The van der Waals surface area contributed by atoms with E-state index < -0.39 is 0 Å². The number of hydrogen-bond acceptors (Lipinski definition) is 4. The lowest BCUT2D eigenvalue weighted by molar-refractivity contribution is 0.768. The molecule has 0 spiro atoms. The summed E-state index contributed by atoms with van der Waals surface area (Å²) in [6, 6.07) is 5.22. The van der Waals surface area contributed by atoms with Gasteiger partial charge in [0.05, 0.1) is 11.9 Å². The number of nitrogens with one attached hydrogen (secondary N) is 1. The van der Waals surface area contributed by atoms with Crippen molar-refractivity contribution in [1.29, 1.82) is 0 Å². The zero-order valence-electron chi connectivity index (χ0n) is 11.2. The second-order valence-electron chi connectivity index (χ2n) is 4.57. The van der Waals surface area contributed by atoms with Crippen molar-refractivity contribution in [1.82, 2.24) is 24.7 Å². The number of aromatic amines is 1. The van der Waals surface area contributed by atoms with Crippen LogP contribution in [0.4, 0.5) is 0 Å². The van der Waals surface area contributed by atoms with Gasteiger partial charge in [0.1, 0.15) is 5.82 Å². The number of hydrogen-bond donors (Lipinski definition) is 1. The van der Waals surface area contributed by atoms with Gasteiger partial charge in [0, 0.05) is 42.3 Å². The summed E-state index contributed by atoms with van der Waals surface area (Å²) in [7, 11) is 1.82. The van der Waals surface area contributed by atoms with Crippen molar-refractivity contribution in [3.8, 4) is 22.6 Å². The molecule has 0 aliphatic rings. The molecule has 3 rings (SSSR count). The van der Waals surface area contributed by atoms with Crippen LogP contribution in [0.5, 0.6) is 0 Å². The molecule has 20 heavy (non-hydrogen) atoms. The maximum Gasteiger partial charge on any atom is 0.251 e. The molecule has 0 fully saturated rings. The average molecular weight is 267 g/mol. The minimum atomic E-state index is -0.200. The van der Waals surface area contributed by atoms with E-state index in [0.29, 0.717) is 11.5 Å². The Labute approximate surface area is 115 Å². The van der Waals surface area contributed by atoms with E-state index in [1.807, 2.05) is 32.3 Å². The van der Waals surface area contributed by atoms with Gasteiger partial charge in [0.25, 0.3) is 5.56 Å². The summed E-state index contributed by atoms with van der Waals surface area (Å²) in [5.41, 5.74) is 2.89. The van der Waals surface area contributed by atoms with Crippen molar-refractivity contribution in [2.24, 2.45) is 7.05 Å². The second-order valence-corrected chi connectivity index (χ2v) is 4.57. The minimum Gasteiger partial charge on any atom is -0.306 e. The van der Waals surface area contributed by atoms with Crippen molar-refractivity contribution in [3.63, 3.8) is 0 Å². The van der Waals surface area contributed by atoms with Gasteiger partial charge in [-0.05, 0) is 19.1 Å². The van der Waals surface area contributed by atoms with E-state index in [1.54, 1.807) is 17.1 Å². The molecule has 3 aromatic rings. The minimum absolute atomic E-state index is 0.200. The van der Waals surface area contributed by atoms with Crippen LogP contribution in [0.1, 0.15) is 5.69 Å². The number of pyridine rings is 1. The van der Waals surface area contributed by atoms with Crippen LogP contribution in [0.3, 0.4) is 0 Å².